The van der Waals surface area contributed by atoms with Crippen molar-refractivity contribution in [3.63, 3.8) is 0 Å². The Bertz CT molecular complexity index is 916. The van der Waals surface area contributed by atoms with E-state index in [2.05, 4.69) is 15.6 Å². The first-order valence-corrected chi connectivity index (χ1v) is 8.09. The van der Waals surface area contributed by atoms with Gasteiger partial charge in [-0.05, 0) is 35.4 Å². The molecular formula is C20H19N3O2. The number of hydrogen-bond donors (Lipinski definition) is 2. The highest BCUT2D eigenvalue weighted by atomic mass is 16.2. The molecule has 0 aliphatic carbocycles. The lowest BCUT2D eigenvalue weighted by Crippen LogP contribution is -2.34. The second-order valence-corrected chi connectivity index (χ2v) is 5.80. The van der Waals surface area contributed by atoms with Gasteiger partial charge in [0.2, 0.25) is 11.8 Å². The summed E-state index contributed by atoms with van der Waals surface area (Å²) >= 11 is 0. The number of aromatic nitrogens is 1. The van der Waals surface area contributed by atoms with Crippen LogP contribution in [0.1, 0.15) is 11.3 Å². The number of carbonyl (C=O) groups excluding carboxylic acids is 2. The highest BCUT2D eigenvalue weighted by Crippen LogP contribution is 2.18. The molecule has 0 radical (unpaired) electrons. The van der Waals surface area contributed by atoms with Crippen LogP contribution in [-0.2, 0) is 16.0 Å². The van der Waals surface area contributed by atoms with Gasteiger partial charge < -0.3 is 10.6 Å². The van der Waals surface area contributed by atoms with Crippen LogP contribution >= 0.6 is 0 Å². The summed E-state index contributed by atoms with van der Waals surface area (Å²) in [7, 11) is 0. The smallest absolute Gasteiger partial charge is 0.244 e. The minimum absolute atomic E-state index is 0.0841. The summed E-state index contributed by atoms with van der Waals surface area (Å²) in [4.78, 5) is 28.3. The molecular weight excluding hydrogens is 314 g/mol. The van der Waals surface area contributed by atoms with Gasteiger partial charge in [0, 0.05) is 5.69 Å². The standard InChI is InChI=1S/C20H19N3O2/c1-14-6-4-11-18(22-14)23-20(25)13-21-19(24)12-16-9-5-8-15-7-2-3-10-17(15)16/h2-11H,12-13H2,1H3,(H,21,24)(H,22,23,25). The fraction of sp³-hybridized carbons (Fsp3) is 0.150. The Morgan fingerprint density at radius 3 is 2.52 bits per heavy atom. The quantitative estimate of drug-likeness (QED) is 0.754. The number of pyridine rings is 1. The van der Waals surface area contributed by atoms with Gasteiger partial charge in [-0.25, -0.2) is 4.98 Å². The van der Waals surface area contributed by atoms with Gasteiger partial charge in [-0.2, -0.15) is 0 Å². The summed E-state index contributed by atoms with van der Waals surface area (Å²) < 4.78 is 0. The van der Waals surface area contributed by atoms with Gasteiger partial charge in [0.25, 0.3) is 0 Å². The lowest BCUT2D eigenvalue weighted by atomic mass is 10.0. The van der Waals surface area contributed by atoms with Crippen LogP contribution in [0.15, 0.2) is 60.7 Å². The van der Waals surface area contributed by atoms with E-state index in [4.69, 9.17) is 0 Å². The van der Waals surface area contributed by atoms with E-state index in [-0.39, 0.29) is 24.8 Å². The van der Waals surface area contributed by atoms with Crippen LogP contribution in [0.3, 0.4) is 0 Å². The first-order valence-electron chi connectivity index (χ1n) is 8.09. The zero-order chi connectivity index (χ0) is 17.6. The predicted octanol–water partition coefficient (Wildman–Crippen LogP) is 2.84. The Hall–Kier alpha value is -3.21. The van der Waals surface area contributed by atoms with Crippen molar-refractivity contribution in [1.29, 1.82) is 0 Å². The minimum atomic E-state index is -0.302. The number of benzene rings is 2. The SMILES string of the molecule is Cc1cccc(NC(=O)CNC(=O)Cc2cccc3ccccc23)n1. The molecule has 2 N–H and O–H groups in total. The van der Waals surface area contributed by atoms with Gasteiger partial charge in [-0.1, -0.05) is 48.5 Å². The number of nitrogens with zero attached hydrogens (tertiary/aromatic N) is 1. The van der Waals surface area contributed by atoms with Crippen molar-refractivity contribution in [3.05, 3.63) is 71.9 Å². The maximum absolute atomic E-state index is 12.2. The molecule has 5 heteroatoms. The predicted molar refractivity (Wildman–Crippen MR) is 98.3 cm³/mol. The van der Waals surface area contributed by atoms with Crippen molar-refractivity contribution in [3.8, 4) is 0 Å². The van der Waals surface area contributed by atoms with Crippen molar-refractivity contribution >= 4 is 28.4 Å². The maximum atomic E-state index is 12.2. The summed E-state index contributed by atoms with van der Waals surface area (Å²) in [6, 6.07) is 19.2. The molecule has 0 aliphatic heterocycles. The van der Waals surface area contributed by atoms with Crippen molar-refractivity contribution < 1.29 is 9.59 Å². The van der Waals surface area contributed by atoms with Crippen LogP contribution in [0.2, 0.25) is 0 Å². The number of rotatable bonds is 5. The van der Waals surface area contributed by atoms with Gasteiger partial charge in [0.1, 0.15) is 5.82 Å². The Kier molecular flexibility index (Phi) is 5.04. The third-order valence-electron chi connectivity index (χ3n) is 3.83. The maximum Gasteiger partial charge on any atom is 0.244 e. The highest BCUT2D eigenvalue weighted by Gasteiger charge is 2.09. The van der Waals surface area contributed by atoms with Crippen LogP contribution in [0, 0.1) is 6.92 Å². The average molecular weight is 333 g/mol. The van der Waals surface area contributed by atoms with Crippen molar-refractivity contribution in [1.82, 2.24) is 10.3 Å². The Labute approximate surface area is 146 Å². The summed E-state index contributed by atoms with van der Waals surface area (Å²) in [6.07, 6.45) is 0.233. The first kappa shape index (κ1) is 16.6. The largest absolute Gasteiger partial charge is 0.347 e. The topological polar surface area (TPSA) is 71.1 Å². The third-order valence-corrected chi connectivity index (χ3v) is 3.83. The molecule has 1 aromatic heterocycles. The molecule has 0 atom stereocenters. The van der Waals surface area contributed by atoms with E-state index in [0.717, 1.165) is 22.0 Å². The molecule has 5 nitrogen and oxygen atoms in total. The molecule has 126 valence electrons. The summed E-state index contributed by atoms with van der Waals surface area (Å²) in [5.41, 5.74) is 1.76. The summed E-state index contributed by atoms with van der Waals surface area (Å²) in [5.74, 6) is -0.0126. The van der Waals surface area contributed by atoms with Gasteiger partial charge in [-0.3, -0.25) is 9.59 Å². The molecule has 3 aromatic rings. The fourth-order valence-corrected chi connectivity index (χ4v) is 2.66. The minimum Gasteiger partial charge on any atom is -0.347 e. The third kappa shape index (κ3) is 4.41. The second-order valence-electron chi connectivity index (χ2n) is 5.80. The molecule has 2 amide bonds. The van der Waals surface area contributed by atoms with E-state index in [1.807, 2.05) is 61.5 Å². The molecule has 0 unspecified atom stereocenters. The molecule has 0 saturated carbocycles. The Morgan fingerprint density at radius 2 is 1.68 bits per heavy atom. The van der Waals surface area contributed by atoms with Crippen molar-refractivity contribution in [2.45, 2.75) is 13.3 Å². The van der Waals surface area contributed by atoms with Crippen LogP contribution in [0.25, 0.3) is 10.8 Å². The molecule has 0 spiro atoms. The van der Waals surface area contributed by atoms with E-state index in [1.54, 1.807) is 6.07 Å². The molecule has 0 bridgehead atoms. The normalized spacial score (nSPS) is 10.4. The lowest BCUT2D eigenvalue weighted by molar-refractivity contribution is -0.123. The van der Waals surface area contributed by atoms with Gasteiger partial charge >= 0.3 is 0 Å². The molecule has 3 rings (SSSR count). The number of carbonyl (C=O) groups is 2. The van der Waals surface area contributed by atoms with Crippen LogP contribution < -0.4 is 10.6 Å². The van der Waals surface area contributed by atoms with E-state index < -0.39 is 0 Å². The van der Waals surface area contributed by atoms with Crippen molar-refractivity contribution in [2.24, 2.45) is 0 Å². The monoisotopic (exact) mass is 333 g/mol. The molecule has 1 heterocycles. The first-order chi connectivity index (χ1) is 12.1. The van der Waals surface area contributed by atoms with Crippen LogP contribution in [0.4, 0.5) is 5.82 Å². The lowest BCUT2D eigenvalue weighted by Gasteiger charge is -2.08. The number of nitrogens with one attached hydrogen (secondary N) is 2. The van der Waals surface area contributed by atoms with Gasteiger partial charge in [0.15, 0.2) is 0 Å². The molecule has 0 fully saturated rings. The molecule has 2 aromatic carbocycles. The van der Waals surface area contributed by atoms with E-state index in [1.165, 1.54) is 0 Å². The second kappa shape index (κ2) is 7.57. The average Bonchev–Trinajstić information content (AvgIpc) is 2.60. The number of aryl methyl sites for hydroxylation is 1. The Morgan fingerprint density at radius 1 is 0.920 bits per heavy atom. The van der Waals surface area contributed by atoms with Gasteiger partial charge in [0.05, 0.1) is 13.0 Å². The fourth-order valence-electron chi connectivity index (χ4n) is 2.66. The van der Waals surface area contributed by atoms with Gasteiger partial charge in [-0.15, -0.1) is 0 Å². The molecule has 0 aliphatic rings. The number of anilines is 1. The zero-order valence-corrected chi connectivity index (χ0v) is 14.0. The number of fused-ring (bicyclic) bond motifs is 1. The number of amides is 2. The zero-order valence-electron chi connectivity index (χ0n) is 14.0. The van der Waals surface area contributed by atoms with E-state index in [9.17, 15) is 9.59 Å². The van der Waals surface area contributed by atoms with Crippen LogP contribution in [0.5, 0.6) is 0 Å². The number of hydrogen-bond acceptors (Lipinski definition) is 3. The molecule has 25 heavy (non-hydrogen) atoms. The molecule has 0 saturated heterocycles. The highest BCUT2D eigenvalue weighted by molar-refractivity contribution is 5.95. The Balaban J connectivity index is 1.56. The van der Waals surface area contributed by atoms with E-state index in [0.29, 0.717) is 5.82 Å². The van der Waals surface area contributed by atoms with Crippen molar-refractivity contribution in [2.75, 3.05) is 11.9 Å². The van der Waals surface area contributed by atoms with Crippen LogP contribution in [-0.4, -0.2) is 23.3 Å². The summed E-state index contributed by atoms with van der Waals surface area (Å²) in [6.45, 7) is 1.76. The summed E-state index contributed by atoms with van der Waals surface area (Å²) in [5, 5.41) is 7.46. The van der Waals surface area contributed by atoms with E-state index >= 15 is 0 Å².